The number of halogens is 4. The molecule has 0 saturated heterocycles. The maximum absolute atomic E-state index is 11.9. The smallest absolute Gasteiger partial charge is 0.362 e. The fraction of sp³-hybridized carbons (Fsp3) is 0.385. The van der Waals surface area contributed by atoms with Crippen molar-refractivity contribution in [2.24, 2.45) is 0 Å². The zero-order valence-corrected chi connectivity index (χ0v) is 12.3. The standard InChI is InChI=1S/C13H14ClF3N2O3/c1-2-11(20)18-8-3-4-9(14)10(5-8)19-12(21)6-22-7-13(15,16)17/h3-5H,2,6-7H2,1H3,(H,18,20)(H,19,21). The van der Waals surface area contributed by atoms with E-state index in [4.69, 9.17) is 11.6 Å². The average Bonchev–Trinajstić information content (AvgIpc) is 2.41. The molecule has 0 atom stereocenters. The number of alkyl halides is 3. The van der Waals surface area contributed by atoms with Gasteiger partial charge in [0.15, 0.2) is 0 Å². The molecular weight excluding hydrogens is 325 g/mol. The first-order valence-electron chi connectivity index (χ1n) is 6.25. The summed E-state index contributed by atoms with van der Waals surface area (Å²) in [6, 6.07) is 4.38. The summed E-state index contributed by atoms with van der Waals surface area (Å²) in [5, 5.41) is 5.06. The normalized spacial score (nSPS) is 11.1. The van der Waals surface area contributed by atoms with E-state index in [1.54, 1.807) is 6.92 Å². The molecule has 5 nitrogen and oxygen atoms in total. The number of carbonyl (C=O) groups excluding carboxylic acids is 2. The first kappa shape index (κ1) is 18.2. The van der Waals surface area contributed by atoms with E-state index >= 15 is 0 Å². The lowest BCUT2D eigenvalue weighted by molar-refractivity contribution is -0.174. The summed E-state index contributed by atoms with van der Waals surface area (Å²) in [6.07, 6.45) is -4.22. The van der Waals surface area contributed by atoms with Crippen LogP contribution in [-0.2, 0) is 14.3 Å². The van der Waals surface area contributed by atoms with Crippen molar-refractivity contribution in [1.82, 2.24) is 0 Å². The van der Waals surface area contributed by atoms with Crippen LogP contribution in [0.4, 0.5) is 24.5 Å². The number of amides is 2. The van der Waals surface area contributed by atoms with E-state index in [9.17, 15) is 22.8 Å². The molecule has 9 heteroatoms. The van der Waals surface area contributed by atoms with Gasteiger partial charge in [-0.1, -0.05) is 18.5 Å². The van der Waals surface area contributed by atoms with Crippen LogP contribution in [0.3, 0.4) is 0 Å². The summed E-state index contributed by atoms with van der Waals surface area (Å²) in [7, 11) is 0. The second-order valence-corrected chi connectivity index (χ2v) is 4.66. The van der Waals surface area contributed by atoms with Gasteiger partial charge in [-0.15, -0.1) is 0 Å². The maximum atomic E-state index is 11.9. The second-order valence-electron chi connectivity index (χ2n) is 4.25. The molecule has 2 N–H and O–H groups in total. The van der Waals surface area contributed by atoms with Crippen molar-refractivity contribution in [3.05, 3.63) is 23.2 Å². The highest BCUT2D eigenvalue weighted by atomic mass is 35.5. The summed E-state index contributed by atoms with van der Waals surface area (Å²) in [5.41, 5.74) is 0.568. The van der Waals surface area contributed by atoms with Crippen molar-refractivity contribution >= 4 is 34.8 Å². The van der Waals surface area contributed by atoms with Crippen LogP contribution in [0.2, 0.25) is 5.02 Å². The van der Waals surface area contributed by atoms with Gasteiger partial charge in [-0.25, -0.2) is 0 Å². The van der Waals surface area contributed by atoms with Crippen molar-refractivity contribution in [3.63, 3.8) is 0 Å². The minimum Gasteiger partial charge on any atom is -0.362 e. The van der Waals surface area contributed by atoms with Gasteiger partial charge in [0, 0.05) is 12.1 Å². The molecule has 0 aliphatic heterocycles. The Morgan fingerprint density at radius 2 is 1.91 bits per heavy atom. The third-order valence-electron chi connectivity index (χ3n) is 2.34. The Morgan fingerprint density at radius 3 is 2.50 bits per heavy atom. The van der Waals surface area contributed by atoms with E-state index in [1.807, 2.05) is 0 Å². The predicted molar refractivity (Wildman–Crippen MR) is 75.9 cm³/mol. The fourth-order valence-electron chi connectivity index (χ4n) is 1.39. The Balaban J connectivity index is 2.62. The van der Waals surface area contributed by atoms with Crippen LogP contribution < -0.4 is 10.6 Å². The highest BCUT2D eigenvalue weighted by Crippen LogP contribution is 2.25. The monoisotopic (exact) mass is 338 g/mol. The molecule has 1 rings (SSSR count). The third-order valence-corrected chi connectivity index (χ3v) is 2.67. The number of hydrogen-bond acceptors (Lipinski definition) is 3. The van der Waals surface area contributed by atoms with Crippen LogP contribution >= 0.6 is 11.6 Å². The minimum atomic E-state index is -4.50. The van der Waals surface area contributed by atoms with E-state index < -0.39 is 25.3 Å². The maximum Gasteiger partial charge on any atom is 0.411 e. The molecular formula is C13H14ClF3N2O3. The van der Waals surface area contributed by atoms with Gasteiger partial charge in [-0.2, -0.15) is 13.2 Å². The molecule has 1 aromatic carbocycles. The van der Waals surface area contributed by atoms with Crippen molar-refractivity contribution in [1.29, 1.82) is 0 Å². The molecule has 0 bridgehead atoms. The summed E-state index contributed by atoms with van der Waals surface area (Å²) < 4.78 is 39.9. The SMILES string of the molecule is CCC(=O)Nc1ccc(Cl)c(NC(=O)COCC(F)(F)F)c1. The highest BCUT2D eigenvalue weighted by Gasteiger charge is 2.27. The Hall–Kier alpha value is -1.80. The molecule has 0 unspecified atom stereocenters. The molecule has 2 amide bonds. The largest absolute Gasteiger partial charge is 0.411 e. The summed E-state index contributed by atoms with van der Waals surface area (Å²) in [5.74, 6) is -1.02. The average molecular weight is 339 g/mol. The van der Waals surface area contributed by atoms with E-state index in [0.29, 0.717) is 5.69 Å². The molecule has 0 aliphatic rings. The van der Waals surface area contributed by atoms with Crippen LogP contribution in [0.1, 0.15) is 13.3 Å². The Kier molecular flexibility index (Phi) is 6.63. The summed E-state index contributed by atoms with van der Waals surface area (Å²) >= 11 is 5.87. The van der Waals surface area contributed by atoms with Crippen LogP contribution in [0.5, 0.6) is 0 Å². The first-order valence-corrected chi connectivity index (χ1v) is 6.63. The van der Waals surface area contributed by atoms with Gasteiger partial charge in [-0.3, -0.25) is 9.59 Å². The van der Waals surface area contributed by atoms with Crippen molar-refractivity contribution in [2.45, 2.75) is 19.5 Å². The number of anilines is 2. The first-order chi connectivity index (χ1) is 10.2. The topological polar surface area (TPSA) is 67.4 Å². The molecule has 0 spiro atoms. The Morgan fingerprint density at radius 1 is 1.23 bits per heavy atom. The lowest BCUT2D eigenvalue weighted by Gasteiger charge is -2.11. The van der Waals surface area contributed by atoms with Gasteiger partial charge in [0.2, 0.25) is 11.8 Å². The third kappa shape index (κ3) is 6.77. The van der Waals surface area contributed by atoms with Gasteiger partial charge < -0.3 is 15.4 Å². The summed E-state index contributed by atoms with van der Waals surface area (Å²) in [4.78, 5) is 22.8. The van der Waals surface area contributed by atoms with Crippen molar-refractivity contribution in [3.8, 4) is 0 Å². The molecule has 22 heavy (non-hydrogen) atoms. The Bertz CT molecular complexity index is 550. The molecule has 0 radical (unpaired) electrons. The Labute approximate surface area is 129 Å². The van der Waals surface area contributed by atoms with Crippen LogP contribution in [0, 0.1) is 0 Å². The zero-order valence-electron chi connectivity index (χ0n) is 11.6. The van der Waals surface area contributed by atoms with Gasteiger partial charge in [0.1, 0.15) is 13.2 Å². The number of rotatable bonds is 6. The van der Waals surface area contributed by atoms with Crippen LogP contribution in [0.15, 0.2) is 18.2 Å². The van der Waals surface area contributed by atoms with Crippen molar-refractivity contribution in [2.75, 3.05) is 23.8 Å². The van der Waals surface area contributed by atoms with E-state index in [-0.39, 0.29) is 23.0 Å². The number of carbonyl (C=O) groups is 2. The van der Waals surface area contributed by atoms with Gasteiger partial charge in [-0.05, 0) is 18.2 Å². The molecule has 0 heterocycles. The number of hydrogen-bond donors (Lipinski definition) is 2. The predicted octanol–water partition coefficient (Wildman–Crippen LogP) is 3.21. The van der Waals surface area contributed by atoms with E-state index in [0.717, 1.165) is 0 Å². The fourth-order valence-corrected chi connectivity index (χ4v) is 1.56. The quantitative estimate of drug-likeness (QED) is 0.837. The number of nitrogens with one attached hydrogen (secondary N) is 2. The molecule has 122 valence electrons. The molecule has 0 saturated carbocycles. The van der Waals surface area contributed by atoms with Gasteiger partial charge >= 0.3 is 6.18 Å². The van der Waals surface area contributed by atoms with Crippen LogP contribution in [-0.4, -0.2) is 31.2 Å². The van der Waals surface area contributed by atoms with E-state index in [2.05, 4.69) is 15.4 Å². The molecule has 0 aromatic heterocycles. The second kappa shape index (κ2) is 8.00. The number of ether oxygens (including phenoxy) is 1. The lowest BCUT2D eigenvalue weighted by atomic mass is 10.2. The van der Waals surface area contributed by atoms with Gasteiger partial charge in [0.25, 0.3) is 0 Å². The zero-order chi connectivity index (χ0) is 16.8. The molecule has 0 fully saturated rings. The van der Waals surface area contributed by atoms with Crippen molar-refractivity contribution < 1.29 is 27.5 Å². The van der Waals surface area contributed by atoms with Crippen LogP contribution in [0.25, 0.3) is 0 Å². The molecule has 0 aliphatic carbocycles. The number of benzene rings is 1. The molecule has 1 aromatic rings. The summed E-state index contributed by atoms with van der Waals surface area (Å²) in [6.45, 7) is -0.603. The van der Waals surface area contributed by atoms with E-state index in [1.165, 1.54) is 18.2 Å². The van der Waals surface area contributed by atoms with Gasteiger partial charge in [0.05, 0.1) is 10.7 Å². The lowest BCUT2D eigenvalue weighted by Crippen LogP contribution is -2.24. The highest BCUT2D eigenvalue weighted by molar-refractivity contribution is 6.33. The minimum absolute atomic E-state index is 0.163.